The van der Waals surface area contributed by atoms with E-state index in [-0.39, 0.29) is 36.8 Å². The highest BCUT2D eigenvalue weighted by molar-refractivity contribution is 6.22. The molecule has 0 bridgehead atoms. The van der Waals surface area contributed by atoms with Crippen molar-refractivity contribution >= 4 is 22.7 Å². The minimum absolute atomic E-state index is 0.0238. The average molecular weight is 516 g/mol. The standard InChI is InChI=1S/C29H26FN3O5/c1-18(2)38-24-9-5-7-22-26(24)29(36)32(27(22)34)16-14-25-31-23-8-4-3-6-21(23)28(35)33(25)19-10-12-20(13-11-19)37-17-15-30/h3-13,18H,14-17H2,1-2H3. The summed E-state index contributed by atoms with van der Waals surface area (Å²) in [6.07, 6.45) is -0.0186. The molecule has 0 aliphatic carbocycles. The van der Waals surface area contributed by atoms with Crippen LogP contribution in [0.4, 0.5) is 4.39 Å². The van der Waals surface area contributed by atoms with Crippen LogP contribution in [0.25, 0.3) is 16.6 Å². The maximum atomic E-state index is 13.5. The molecule has 2 amide bonds. The minimum atomic E-state index is -0.608. The molecule has 0 fully saturated rings. The highest BCUT2D eigenvalue weighted by Gasteiger charge is 2.38. The van der Waals surface area contributed by atoms with E-state index in [4.69, 9.17) is 14.5 Å². The first-order chi connectivity index (χ1) is 18.4. The monoisotopic (exact) mass is 515 g/mol. The fourth-order valence-corrected chi connectivity index (χ4v) is 4.53. The number of hydrogen-bond donors (Lipinski definition) is 0. The molecule has 8 nitrogen and oxygen atoms in total. The Morgan fingerprint density at radius 3 is 2.42 bits per heavy atom. The number of halogens is 1. The molecule has 0 spiro atoms. The number of nitrogens with zero attached hydrogens (tertiary/aromatic N) is 3. The summed E-state index contributed by atoms with van der Waals surface area (Å²) in [5.74, 6) is 0.379. The lowest BCUT2D eigenvalue weighted by molar-refractivity contribution is 0.0654. The van der Waals surface area contributed by atoms with Gasteiger partial charge in [0.25, 0.3) is 17.4 Å². The smallest absolute Gasteiger partial charge is 0.265 e. The van der Waals surface area contributed by atoms with Crippen molar-refractivity contribution in [1.82, 2.24) is 14.5 Å². The quantitative estimate of drug-likeness (QED) is 0.308. The fraction of sp³-hybridized carbons (Fsp3) is 0.241. The SMILES string of the molecule is CC(C)Oc1cccc2c1C(=O)N(CCc1nc3ccccc3c(=O)n1-c1ccc(OCCF)cc1)C2=O. The van der Waals surface area contributed by atoms with Crippen molar-refractivity contribution in [2.45, 2.75) is 26.4 Å². The van der Waals surface area contributed by atoms with E-state index in [2.05, 4.69) is 0 Å². The molecule has 1 aliphatic rings. The second-order valence-corrected chi connectivity index (χ2v) is 9.07. The number of aromatic nitrogens is 2. The molecule has 38 heavy (non-hydrogen) atoms. The number of rotatable bonds is 9. The van der Waals surface area contributed by atoms with E-state index in [0.29, 0.717) is 39.5 Å². The molecular formula is C29H26FN3O5. The minimum Gasteiger partial charge on any atom is -0.491 e. The number of amides is 2. The third-order valence-corrected chi connectivity index (χ3v) is 6.17. The van der Waals surface area contributed by atoms with Gasteiger partial charge in [-0.15, -0.1) is 0 Å². The number of alkyl halides is 1. The Morgan fingerprint density at radius 1 is 0.921 bits per heavy atom. The molecule has 2 heterocycles. The first kappa shape index (κ1) is 25.1. The van der Waals surface area contributed by atoms with Crippen molar-refractivity contribution in [3.8, 4) is 17.2 Å². The third-order valence-electron chi connectivity index (χ3n) is 6.17. The van der Waals surface area contributed by atoms with E-state index in [0.717, 1.165) is 4.90 Å². The molecule has 0 saturated carbocycles. The van der Waals surface area contributed by atoms with Gasteiger partial charge >= 0.3 is 0 Å². The van der Waals surface area contributed by atoms with Gasteiger partial charge in [-0.1, -0.05) is 18.2 Å². The maximum Gasteiger partial charge on any atom is 0.265 e. The van der Waals surface area contributed by atoms with Gasteiger partial charge in [-0.05, 0) is 62.4 Å². The molecule has 4 aromatic rings. The predicted molar refractivity (Wildman–Crippen MR) is 140 cm³/mol. The number of ether oxygens (including phenoxy) is 2. The van der Waals surface area contributed by atoms with Crippen LogP contribution in [0.2, 0.25) is 0 Å². The van der Waals surface area contributed by atoms with Gasteiger partial charge in [0.2, 0.25) is 0 Å². The van der Waals surface area contributed by atoms with Gasteiger partial charge in [0.05, 0.1) is 33.8 Å². The zero-order valence-corrected chi connectivity index (χ0v) is 21.0. The number of benzene rings is 3. The summed E-state index contributed by atoms with van der Waals surface area (Å²) in [4.78, 5) is 45.8. The Bertz CT molecular complexity index is 1580. The third kappa shape index (κ3) is 4.63. The normalized spacial score (nSPS) is 12.9. The second-order valence-electron chi connectivity index (χ2n) is 9.07. The molecule has 0 atom stereocenters. The number of carbonyl (C=O) groups is 2. The van der Waals surface area contributed by atoms with Crippen molar-refractivity contribution in [3.05, 3.63) is 94.0 Å². The van der Waals surface area contributed by atoms with Gasteiger partial charge in [-0.2, -0.15) is 0 Å². The lowest BCUT2D eigenvalue weighted by Gasteiger charge is -2.18. The lowest BCUT2D eigenvalue weighted by atomic mass is 10.1. The van der Waals surface area contributed by atoms with Crippen LogP contribution in [0.5, 0.6) is 11.5 Å². The van der Waals surface area contributed by atoms with E-state index < -0.39 is 18.5 Å². The lowest BCUT2D eigenvalue weighted by Crippen LogP contribution is -2.33. The molecular weight excluding hydrogens is 489 g/mol. The summed E-state index contributed by atoms with van der Waals surface area (Å²) in [5, 5.41) is 0.435. The number of hydrogen-bond acceptors (Lipinski definition) is 6. The summed E-state index contributed by atoms with van der Waals surface area (Å²) < 4.78 is 25.0. The number of fused-ring (bicyclic) bond motifs is 2. The van der Waals surface area contributed by atoms with Crippen LogP contribution in [0.15, 0.2) is 71.5 Å². The van der Waals surface area contributed by atoms with Crippen molar-refractivity contribution in [3.63, 3.8) is 0 Å². The maximum absolute atomic E-state index is 13.5. The van der Waals surface area contributed by atoms with Gasteiger partial charge in [-0.25, -0.2) is 9.37 Å². The first-order valence-electron chi connectivity index (χ1n) is 12.3. The molecule has 0 N–H and O–H groups in total. The van der Waals surface area contributed by atoms with E-state index >= 15 is 0 Å². The molecule has 9 heteroatoms. The second kappa shape index (κ2) is 10.5. The molecule has 1 aliphatic heterocycles. The molecule has 0 saturated heterocycles. The Hall–Kier alpha value is -4.53. The Balaban J connectivity index is 1.49. The van der Waals surface area contributed by atoms with Crippen molar-refractivity contribution in [1.29, 1.82) is 0 Å². The Kier molecular flexibility index (Phi) is 6.91. The van der Waals surface area contributed by atoms with Crippen LogP contribution in [-0.4, -0.2) is 52.2 Å². The summed E-state index contributed by atoms with van der Waals surface area (Å²) in [6, 6.07) is 18.6. The van der Waals surface area contributed by atoms with Gasteiger partial charge in [0, 0.05) is 13.0 Å². The highest BCUT2D eigenvalue weighted by atomic mass is 19.1. The molecule has 0 radical (unpaired) electrons. The van der Waals surface area contributed by atoms with E-state index in [1.807, 2.05) is 13.8 Å². The van der Waals surface area contributed by atoms with E-state index in [1.54, 1.807) is 66.7 Å². The van der Waals surface area contributed by atoms with Gasteiger partial charge in [0.15, 0.2) is 0 Å². The van der Waals surface area contributed by atoms with E-state index in [1.165, 1.54) is 4.57 Å². The summed E-state index contributed by atoms with van der Waals surface area (Å²) in [5.41, 5.74) is 1.31. The zero-order valence-electron chi connectivity index (χ0n) is 21.0. The van der Waals surface area contributed by atoms with Crippen molar-refractivity contribution < 1.29 is 23.5 Å². The van der Waals surface area contributed by atoms with Crippen molar-refractivity contribution in [2.24, 2.45) is 0 Å². The molecule has 194 valence electrons. The molecule has 1 aromatic heterocycles. The predicted octanol–water partition coefficient (Wildman–Crippen LogP) is 4.36. The summed E-state index contributed by atoms with van der Waals surface area (Å²) in [7, 11) is 0. The topological polar surface area (TPSA) is 90.7 Å². The van der Waals surface area contributed by atoms with Crippen LogP contribution in [0.3, 0.4) is 0 Å². The molecule has 3 aromatic carbocycles. The number of imide groups is 1. The van der Waals surface area contributed by atoms with Crippen LogP contribution in [0, 0.1) is 0 Å². The van der Waals surface area contributed by atoms with Gasteiger partial charge < -0.3 is 9.47 Å². The molecule has 5 rings (SSSR count). The Morgan fingerprint density at radius 2 is 1.68 bits per heavy atom. The molecule has 0 unspecified atom stereocenters. The van der Waals surface area contributed by atoms with Crippen LogP contribution in [-0.2, 0) is 6.42 Å². The van der Waals surface area contributed by atoms with Gasteiger partial charge in [0.1, 0.15) is 30.6 Å². The van der Waals surface area contributed by atoms with Crippen LogP contribution < -0.4 is 15.0 Å². The largest absolute Gasteiger partial charge is 0.491 e. The van der Waals surface area contributed by atoms with Gasteiger partial charge in [-0.3, -0.25) is 23.9 Å². The summed E-state index contributed by atoms with van der Waals surface area (Å²) >= 11 is 0. The zero-order chi connectivity index (χ0) is 26.8. The summed E-state index contributed by atoms with van der Waals surface area (Å²) in [6.45, 7) is 3.05. The Labute approximate surface area is 218 Å². The van der Waals surface area contributed by atoms with E-state index in [9.17, 15) is 18.8 Å². The number of para-hydroxylation sites is 1. The number of carbonyl (C=O) groups excluding carboxylic acids is 2. The average Bonchev–Trinajstić information content (AvgIpc) is 3.16. The first-order valence-corrected chi connectivity index (χ1v) is 12.3. The van der Waals surface area contributed by atoms with Crippen molar-refractivity contribution in [2.75, 3.05) is 19.8 Å². The highest BCUT2D eigenvalue weighted by Crippen LogP contribution is 2.32. The van der Waals surface area contributed by atoms with Crippen LogP contribution >= 0.6 is 0 Å². The van der Waals surface area contributed by atoms with Crippen LogP contribution in [0.1, 0.15) is 40.4 Å². The fourth-order valence-electron chi connectivity index (χ4n) is 4.53.